The van der Waals surface area contributed by atoms with E-state index >= 15 is 0 Å². The minimum atomic E-state index is -1.30. The van der Waals surface area contributed by atoms with Crippen LogP contribution in [0.4, 0.5) is 9.59 Å². The summed E-state index contributed by atoms with van der Waals surface area (Å²) in [4.78, 5) is 72.8. The molecule has 0 aliphatic carbocycles. The van der Waals surface area contributed by atoms with E-state index in [0.29, 0.717) is 23.5 Å². The number of ketones is 1. The van der Waals surface area contributed by atoms with Gasteiger partial charge in [-0.3, -0.25) is 19.2 Å². The summed E-state index contributed by atoms with van der Waals surface area (Å²) in [6.45, 7) is 13.3. The molecule has 0 saturated carbocycles. The smallest absolute Gasteiger partial charge is 0.371 e. The maximum Gasteiger partial charge on any atom is 0.371 e. The van der Waals surface area contributed by atoms with Crippen molar-refractivity contribution >= 4 is 57.8 Å². The second kappa shape index (κ2) is 15.9. The number of rotatable bonds is 13. The average molecular weight is 567 g/mol. The van der Waals surface area contributed by atoms with Crippen LogP contribution in [0.25, 0.3) is 0 Å². The van der Waals surface area contributed by atoms with Crippen LogP contribution in [0, 0.1) is 17.8 Å². The summed E-state index contributed by atoms with van der Waals surface area (Å²) in [7, 11) is 0. The van der Waals surface area contributed by atoms with Crippen molar-refractivity contribution in [1.82, 2.24) is 0 Å². The molecule has 0 aromatic heterocycles. The van der Waals surface area contributed by atoms with Crippen molar-refractivity contribution in [3.05, 3.63) is 0 Å². The van der Waals surface area contributed by atoms with Gasteiger partial charge in [-0.15, -0.1) is 0 Å². The number of esters is 3. The highest BCUT2D eigenvalue weighted by atomic mass is 32.2. The number of carbonyl (C=O) groups excluding carboxylic acids is 6. The van der Waals surface area contributed by atoms with Crippen molar-refractivity contribution in [2.45, 2.75) is 79.1 Å². The van der Waals surface area contributed by atoms with E-state index in [-0.39, 0.29) is 24.0 Å². The molecule has 0 aromatic rings. The standard InChI is InChI=1S/C24H38O11S2/c1-14(2)18(26)31-12-33-21(29)36-11-16(20(28)35-23(5,6)7)10-17(25)24(8,9)37-22(30)34-13-32-19(27)15(3)4/h14-16H,10-13H2,1-9H3/t16-/m0/s1. The summed E-state index contributed by atoms with van der Waals surface area (Å²) in [5.41, 5.74) is -0.837. The van der Waals surface area contributed by atoms with Gasteiger partial charge in [0.1, 0.15) is 11.4 Å². The number of carbonyl (C=O) groups is 6. The maximum absolute atomic E-state index is 13.0. The zero-order valence-electron chi connectivity index (χ0n) is 22.9. The third-order valence-electron chi connectivity index (χ3n) is 4.28. The van der Waals surface area contributed by atoms with Gasteiger partial charge in [0.2, 0.25) is 13.6 Å². The van der Waals surface area contributed by atoms with Crippen molar-refractivity contribution in [1.29, 1.82) is 0 Å². The first-order valence-corrected chi connectivity index (χ1v) is 13.4. The molecule has 0 bridgehead atoms. The van der Waals surface area contributed by atoms with E-state index in [9.17, 15) is 28.8 Å². The van der Waals surface area contributed by atoms with Crippen LogP contribution < -0.4 is 0 Å². The predicted octanol–water partition coefficient (Wildman–Crippen LogP) is 4.74. The molecule has 0 saturated heterocycles. The minimum absolute atomic E-state index is 0.145. The van der Waals surface area contributed by atoms with Crippen LogP contribution in [0.5, 0.6) is 0 Å². The molecule has 11 nitrogen and oxygen atoms in total. The van der Waals surface area contributed by atoms with Gasteiger partial charge in [0.25, 0.3) is 0 Å². The molecule has 212 valence electrons. The number of hydrogen-bond donors (Lipinski definition) is 0. The Morgan fingerprint density at radius 2 is 1.14 bits per heavy atom. The SMILES string of the molecule is CC(C)C(=O)OCOC(=O)SC[C@H](CC(=O)C(C)(C)SC(=O)OCOC(=O)C(C)C)C(=O)OC(C)(C)C. The van der Waals surface area contributed by atoms with E-state index in [2.05, 4.69) is 0 Å². The summed E-state index contributed by atoms with van der Waals surface area (Å²) in [6.07, 6.45) is -0.326. The molecule has 0 rings (SSSR count). The van der Waals surface area contributed by atoms with E-state index in [1.54, 1.807) is 48.5 Å². The Kier molecular flexibility index (Phi) is 14.9. The molecule has 1 atom stereocenters. The summed E-state index contributed by atoms with van der Waals surface area (Å²) < 4.78 is 23.3. The Balaban J connectivity index is 5.08. The molecule has 0 aromatic carbocycles. The average Bonchev–Trinajstić information content (AvgIpc) is 2.74. The van der Waals surface area contributed by atoms with Gasteiger partial charge in [-0.1, -0.05) is 27.7 Å². The number of ether oxygens (including phenoxy) is 5. The Hall–Kier alpha value is -2.28. The van der Waals surface area contributed by atoms with Crippen molar-refractivity contribution in [3.8, 4) is 0 Å². The molecule has 0 amide bonds. The summed E-state index contributed by atoms with van der Waals surface area (Å²) in [5.74, 6) is -4.18. The zero-order chi connectivity index (χ0) is 29.0. The van der Waals surface area contributed by atoms with E-state index in [1.807, 2.05) is 0 Å². The second-order valence-electron chi connectivity index (χ2n) is 10.0. The molecule has 0 aliphatic rings. The number of Topliss-reactive ketones (excluding diaryl/α,β-unsaturated/α-hetero) is 1. The summed E-state index contributed by atoms with van der Waals surface area (Å²) in [5, 5.41) is -1.64. The molecule has 0 radical (unpaired) electrons. The minimum Gasteiger partial charge on any atom is -0.460 e. The van der Waals surface area contributed by atoms with Crippen LogP contribution in [0.1, 0.15) is 68.7 Å². The quantitative estimate of drug-likeness (QED) is 0.172. The third-order valence-corrected chi connectivity index (χ3v) is 6.23. The van der Waals surface area contributed by atoms with Gasteiger partial charge in [-0.2, -0.15) is 0 Å². The van der Waals surface area contributed by atoms with Crippen LogP contribution in [0.15, 0.2) is 0 Å². The van der Waals surface area contributed by atoms with Gasteiger partial charge >= 0.3 is 28.5 Å². The third kappa shape index (κ3) is 15.5. The fourth-order valence-corrected chi connectivity index (χ4v) is 3.62. The molecular formula is C24H38O11S2. The number of thioether (sulfide) groups is 2. The van der Waals surface area contributed by atoms with Crippen LogP contribution in [0.2, 0.25) is 0 Å². The first kappa shape index (κ1) is 34.7. The van der Waals surface area contributed by atoms with Crippen LogP contribution in [-0.2, 0) is 42.9 Å². The first-order chi connectivity index (χ1) is 16.9. The van der Waals surface area contributed by atoms with E-state index in [1.165, 1.54) is 13.8 Å². The van der Waals surface area contributed by atoms with Crippen molar-refractivity contribution < 1.29 is 52.5 Å². The first-order valence-electron chi connectivity index (χ1n) is 11.6. The Morgan fingerprint density at radius 3 is 1.57 bits per heavy atom. The Labute approximate surface area is 226 Å². The van der Waals surface area contributed by atoms with Crippen molar-refractivity contribution in [2.75, 3.05) is 19.3 Å². The predicted molar refractivity (Wildman–Crippen MR) is 138 cm³/mol. The van der Waals surface area contributed by atoms with Gasteiger partial charge in [0.05, 0.1) is 22.5 Å². The molecule has 37 heavy (non-hydrogen) atoms. The highest BCUT2D eigenvalue weighted by molar-refractivity contribution is 8.15. The Morgan fingerprint density at radius 1 is 0.676 bits per heavy atom. The molecule has 0 fully saturated rings. The highest BCUT2D eigenvalue weighted by Crippen LogP contribution is 2.31. The maximum atomic E-state index is 13.0. The lowest BCUT2D eigenvalue weighted by Crippen LogP contribution is -2.36. The van der Waals surface area contributed by atoms with Crippen molar-refractivity contribution in [2.24, 2.45) is 17.8 Å². The largest absolute Gasteiger partial charge is 0.460 e. The monoisotopic (exact) mass is 566 g/mol. The lowest BCUT2D eigenvalue weighted by molar-refractivity contribution is -0.160. The van der Waals surface area contributed by atoms with Gasteiger partial charge < -0.3 is 23.7 Å². The number of hydrogen-bond acceptors (Lipinski definition) is 13. The molecular weight excluding hydrogens is 528 g/mol. The zero-order valence-corrected chi connectivity index (χ0v) is 24.5. The highest BCUT2D eigenvalue weighted by Gasteiger charge is 2.37. The Bertz CT molecular complexity index is 829. The molecule has 0 unspecified atom stereocenters. The summed E-state index contributed by atoms with van der Waals surface area (Å²) >= 11 is 1.21. The lowest BCUT2D eigenvalue weighted by Gasteiger charge is -2.26. The van der Waals surface area contributed by atoms with E-state index < -0.39 is 64.1 Å². The van der Waals surface area contributed by atoms with Crippen molar-refractivity contribution in [3.63, 3.8) is 0 Å². The molecule has 0 spiro atoms. The van der Waals surface area contributed by atoms with Gasteiger partial charge in [0.15, 0.2) is 0 Å². The molecule has 0 N–H and O–H groups in total. The van der Waals surface area contributed by atoms with Crippen LogP contribution in [-0.4, -0.2) is 64.0 Å². The summed E-state index contributed by atoms with van der Waals surface area (Å²) in [6, 6.07) is 0. The van der Waals surface area contributed by atoms with Crippen LogP contribution >= 0.6 is 23.5 Å². The normalized spacial score (nSPS) is 12.5. The molecule has 0 heterocycles. The fraction of sp³-hybridized carbons (Fsp3) is 0.750. The van der Waals surface area contributed by atoms with E-state index in [0.717, 1.165) is 0 Å². The second-order valence-corrected chi connectivity index (χ2v) is 12.6. The van der Waals surface area contributed by atoms with E-state index in [4.69, 9.17) is 23.7 Å². The lowest BCUT2D eigenvalue weighted by atomic mass is 9.97. The van der Waals surface area contributed by atoms with Gasteiger partial charge in [0, 0.05) is 12.2 Å². The topological polar surface area (TPSA) is 149 Å². The van der Waals surface area contributed by atoms with Crippen LogP contribution in [0.3, 0.4) is 0 Å². The van der Waals surface area contributed by atoms with Gasteiger partial charge in [-0.25, -0.2) is 9.59 Å². The molecule has 13 heteroatoms. The van der Waals surface area contributed by atoms with Gasteiger partial charge in [-0.05, 0) is 58.1 Å². The molecule has 0 aliphatic heterocycles. The fourth-order valence-electron chi connectivity index (χ4n) is 2.17.